The van der Waals surface area contributed by atoms with Gasteiger partial charge >= 0.3 is 0 Å². The minimum absolute atomic E-state index is 0.0734. The number of rotatable bonds is 8. The highest BCUT2D eigenvalue weighted by molar-refractivity contribution is 5.80. The molecule has 3 rings (SSSR count). The molecule has 1 N–H and O–H groups in total. The molecule has 1 saturated carbocycles. The second-order valence-electron chi connectivity index (χ2n) is 6.88. The summed E-state index contributed by atoms with van der Waals surface area (Å²) in [5.41, 5.74) is 2.15. The van der Waals surface area contributed by atoms with E-state index in [0.717, 1.165) is 24.1 Å². The van der Waals surface area contributed by atoms with E-state index >= 15 is 0 Å². The van der Waals surface area contributed by atoms with E-state index in [0.29, 0.717) is 32.0 Å². The highest BCUT2D eigenvalue weighted by atomic mass is 16.5. The average molecular weight is 330 g/mol. The summed E-state index contributed by atoms with van der Waals surface area (Å²) in [6.45, 7) is 4.47. The van der Waals surface area contributed by atoms with Crippen LogP contribution in [0.25, 0.3) is 0 Å². The predicted octanol–water partition coefficient (Wildman–Crippen LogP) is 2.24. The SMILES string of the molecule is C[C@@H](OCC1CC1)C(=O)NCc1cccc(CN2CCCC2=O)c1. The van der Waals surface area contributed by atoms with E-state index < -0.39 is 6.10 Å². The molecular weight excluding hydrogens is 304 g/mol. The first-order valence-electron chi connectivity index (χ1n) is 8.87. The molecule has 1 saturated heterocycles. The van der Waals surface area contributed by atoms with Crippen molar-refractivity contribution >= 4 is 11.8 Å². The Labute approximate surface area is 143 Å². The van der Waals surface area contributed by atoms with Crippen LogP contribution in [0.5, 0.6) is 0 Å². The van der Waals surface area contributed by atoms with E-state index in [1.54, 1.807) is 6.92 Å². The number of nitrogens with zero attached hydrogens (tertiary/aromatic N) is 1. The predicted molar refractivity (Wildman–Crippen MR) is 91.1 cm³/mol. The quantitative estimate of drug-likeness (QED) is 0.795. The smallest absolute Gasteiger partial charge is 0.249 e. The van der Waals surface area contributed by atoms with Crippen LogP contribution in [0.3, 0.4) is 0 Å². The van der Waals surface area contributed by atoms with Gasteiger partial charge in [0.15, 0.2) is 0 Å². The van der Waals surface area contributed by atoms with Crippen molar-refractivity contribution in [3.8, 4) is 0 Å². The Hall–Kier alpha value is -1.88. The van der Waals surface area contributed by atoms with Gasteiger partial charge in [0.1, 0.15) is 6.10 Å². The summed E-state index contributed by atoms with van der Waals surface area (Å²) in [5.74, 6) is 0.816. The van der Waals surface area contributed by atoms with Gasteiger partial charge in [-0.1, -0.05) is 24.3 Å². The Balaban J connectivity index is 1.46. The molecule has 2 aliphatic rings. The molecule has 1 aliphatic heterocycles. The first-order chi connectivity index (χ1) is 11.6. The zero-order valence-electron chi connectivity index (χ0n) is 14.3. The second-order valence-corrected chi connectivity index (χ2v) is 6.88. The molecule has 5 heteroatoms. The van der Waals surface area contributed by atoms with Crippen molar-refractivity contribution in [1.82, 2.24) is 10.2 Å². The van der Waals surface area contributed by atoms with Gasteiger partial charge in [0, 0.05) is 26.1 Å². The van der Waals surface area contributed by atoms with Gasteiger partial charge in [0.05, 0.1) is 6.61 Å². The Morgan fingerprint density at radius 3 is 2.88 bits per heavy atom. The number of benzene rings is 1. The number of amides is 2. The van der Waals surface area contributed by atoms with Gasteiger partial charge < -0.3 is 15.0 Å². The fourth-order valence-electron chi connectivity index (χ4n) is 2.90. The molecule has 0 radical (unpaired) electrons. The van der Waals surface area contributed by atoms with Crippen LogP contribution in [-0.4, -0.2) is 36.0 Å². The van der Waals surface area contributed by atoms with Gasteiger partial charge in [0.2, 0.25) is 11.8 Å². The standard InChI is InChI=1S/C19H26N2O3/c1-14(24-13-15-7-8-15)19(23)20-11-16-4-2-5-17(10-16)12-21-9-3-6-18(21)22/h2,4-5,10,14-15H,3,6-9,11-13H2,1H3,(H,20,23)/t14-/m1/s1. The zero-order chi connectivity index (χ0) is 16.9. The van der Waals surface area contributed by atoms with Crippen LogP contribution in [0.4, 0.5) is 0 Å². The van der Waals surface area contributed by atoms with Gasteiger partial charge in [0.25, 0.3) is 0 Å². The number of ether oxygens (including phenoxy) is 1. The van der Waals surface area contributed by atoms with Crippen LogP contribution >= 0.6 is 0 Å². The Kier molecular flexibility index (Phi) is 5.51. The monoisotopic (exact) mass is 330 g/mol. The maximum Gasteiger partial charge on any atom is 0.249 e. The summed E-state index contributed by atoms with van der Waals surface area (Å²) >= 11 is 0. The van der Waals surface area contributed by atoms with Crippen LogP contribution in [0, 0.1) is 5.92 Å². The largest absolute Gasteiger partial charge is 0.368 e. The first-order valence-corrected chi connectivity index (χ1v) is 8.87. The van der Waals surface area contributed by atoms with E-state index in [-0.39, 0.29) is 11.8 Å². The van der Waals surface area contributed by atoms with Crippen LogP contribution in [0.1, 0.15) is 43.7 Å². The van der Waals surface area contributed by atoms with Crippen LogP contribution in [-0.2, 0) is 27.4 Å². The van der Waals surface area contributed by atoms with E-state index in [1.165, 1.54) is 12.8 Å². The number of hydrogen-bond donors (Lipinski definition) is 1. The third kappa shape index (κ3) is 4.81. The molecule has 2 fully saturated rings. The summed E-state index contributed by atoms with van der Waals surface area (Å²) < 4.78 is 5.58. The van der Waals surface area contributed by atoms with Crippen molar-refractivity contribution in [3.63, 3.8) is 0 Å². The van der Waals surface area contributed by atoms with Crippen LogP contribution in [0.2, 0.25) is 0 Å². The van der Waals surface area contributed by atoms with Gasteiger partial charge in [-0.25, -0.2) is 0 Å². The van der Waals surface area contributed by atoms with E-state index in [2.05, 4.69) is 11.4 Å². The number of hydrogen-bond acceptors (Lipinski definition) is 3. The summed E-state index contributed by atoms with van der Waals surface area (Å²) in [6.07, 6.45) is 3.65. The van der Waals surface area contributed by atoms with E-state index in [9.17, 15) is 9.59 Å². The molecule has 1 heterocycles. The highest BCUT2D eigenvalue weighted by Crippen LogP contribution is 2.29. The Morgan fingerprint density at radius 1 is 1.38 bits per heavy atom. The number of likely N-dealkylation sites (tertiary alicyclic amines) is 1. The van der Waals surface area contributed by atoms with E-state index in [1.807, 2.05) is 23.1 Å². The molecule has 1 aromatic carbocycles. The molecule has 0 bridgehead atoms. The summed E-state index contributed by atoms with van der Waals surface area (Å²) in [5, 5.41) is 2.93. The van der Waals surface area contributed by atoms with Gasteiger partial charge in [-0.2, -0.15) is 0 Å². The van der Waals surface area contributed by atoms with Crippen LogP contribution in [0.15, 0.2) is 24.3 Å². The molecule has 5 nitrogen and oxygen atoms in total. The second kappa shape index (κ2) is 7.79. The molecule has 1 aliphatic carbocycles. The Bertz CT molecular complexity index is 598. The third-order valence-corrected chi connectivity index (χ3v) is 4.65. The lowest BCUT2D eigenvalue weighted by Crippen LogP contribution is -2.34. The summed E-state index contributed by atoms with van der Waals surface area (Å²) in [4.78, 5) is 25.7. The molecule has 24 heavy (non-hydrogen) atoms. The lowest BCUT2D eigenvalue weighted by atomic mass is 10.1. The number of carbonyl (C=O) groups is 2. The molecule has 0 spiro atoms. The normalized spacial score (nSPS) is 18.7. The summed E-state index contributed by atoms with van der Waals surface area (Å²) in [7, 11) is 0. The molecule has 0 unspecified atom stereocenters. The zero-order valence-corrected chi connectivity index (χ0v) is 14.3. The highest BCUT2D eigenvalue weighted by Gasteiger charge is 2.24. The topological polar surface area (TPSA) is 58.6 Å². The van der Waals surface area contributed by atoms with E-state index in [4.69, 9.17) is 4.74 Å². The third-order valence-electron chi connectivity index (χ3n) is 4.65. The van der Waals surface area contributed by atoms with Crippen molar-refractivity contribution in [3.05, 3.63) is 35.4 Å². The molecule has 0 aromatic heterocycles. The molecule has 130 valence electrons. The molecule has 1 aromatic rings. The fourth-order valence-corrected chi connectivity index (χ4v) is 2.90. The van der Waals surface area contributed by atoms with Crippen molar-refractivity contribution < 1.29 is 14.3 Å². The van der Waals surface area contributed by atoms with Gasteiger partial charge in [-0.3, -0.25) is 9.59 Å². The minimum Gasteiger partial charge on any atom is -0.368 e. The minimum atomic E-state index is -0.406. The molecule has 1 atom stereocenters. The summed E-state index contributed by atoms with van der Waals surface area (Å²) in [6, 6.07) is 8.05. The van der Waals surface area contributed by atoms with Crippen molar-refractivity contribution in [2.45, 2.75) is 51.8 Å². The van der Waals surface area contributed by atoms with Gasteiger partial charge in [-0.05, 0) is 43.2 Å². The maximum atomic E-state index is 12.1. The van der Waals surface area contributed by atoms with Gasteiger partial charge in [-0.15, -0.1) is 0 Å². The Morgan fingerprint density at radius 2 is 2.17 bits per heavy atom. The number of nitrogens with one attached hydrogen (secondary N) is 1. The van der Waals surface area contributed by atoms with Crippen molar-refractivity contribution in [2.24, 2.45) is 5.92 Å². The molecular formula is C19H26N2O3. The van der Waals surface area contributed by atoms with Crippen LogP contribution < -0.4 is 5.32 Å². The van der Waals surface area contributed by atoms with Crippen molar-refractivity contribution in [2.75, 3.05) is 13.2 Å². The molecule has 2 amide bonds. The lowest BCUT2D eigenvalue weighted by molar-refractivity contribution is -0.132. The number of carbonyl (C=O) groups excluding carboxylic acids is 2. The fraction of sp³-hybridized carbons (Fsp3) is 0.579. The first kappa shape index (κ1) is 17.0. The van der Waals surface area contributed by atoms with Crippen molar-refractivity contribution in [1.29, 1.82) is 0 Å². The lowest BCUT2D eigenvalue weighted by Gasteiger charge is -2.16. The average Bonchev–Trinajstić information content (AvgIpc) is 3.33. The maximum absolute atomic E-state index is 12.1.